The zero-order valence-electron chi connectivity index (χ0n) is 13.8. The number of halogens is 1. The van der Waals surface area contributed by atoms with Crippen molar-refractivity contribution in [3.63, 3.8) is 0 Å². The predicted molar refractivity (Wildman–Crippen MR) is 98.5 cm³/mol. The average molecular weight is 329 g/mol. The number of hydrogen-bond acceptors (Lipinski definition) is 2. The molecule has 0 N–H and O–H groups in total. The molecule has 21 heavy (non-hydrogen) atoms. The van der Waals surface area contributed by atoms with Gasteiger partial charge in [0.15, 0.2) is 5.78 Å². The summed E-state index contributed by atoms with van der Waals surface area (Å²) in [6, 6.07) is 0. The number of hydrogen-bond donors (Lipinski definition) is 1. The van der Waals surface area contributed by atoms with E-state index in [0.29, 0.717) is 6.42 Å². The largest absolute Gasteiger partial charge is 0.297 e. The van der Waals surface area contributed by atoms with Crippen molar-refractivity contribution in [1.82, 2.24) is 0 Å². The molecule has 0 heterocycles. The van der Waals surface area contributed by atoms with Gasteiger partial charge in [-0.2, -0.15) is 12.6 Å². The molecule has 0 aromatic heterocycles. The van der Waals surface area contributed by atoms with Crippen molar-refractivity contribution in [3.8, 4) is 0 Å². The standard InChI is InChI=1S/C18H29ClOS/c1-14(2)7-5-8-15(3)9-6-10-16(4)11-12-18(21)17(20)13-19/h7,9,11,18,21H,5-6,8,10,12-13H2,1-4H3. The first-order valence-corrected chi connectivity index (χ1v) is 8.63. The predicted octanol–water partition coefficient (Wildman–Crippen LogP) is 5.90. The van der Waals surface area contributed by atoms with Gasteiger partial charge >= 0.3 is 0 Å². The number of thiol groups is 1. The van der Waals surface area contributed by atoms with Gasteiger partial charge in [-0.1, -0.05) is 34.9 Å². The third-order valence-corrected chi connectivity index (χ3v) is 4.08. The number of alkyl halides is 1. The lowest BCUT2D eigenvalue weighted by Gasteiger charge is -2.05. The van der Waals surface area contributed by atoms with Gasteiger partial charge in [0.05, 0.1) is 11.1 Å². The highest BCUT2D eigenvalue weighted by Gasteiger charge is 2.10. The van der Waals surface area contributed by atoms with Gasteiger partial charge in [-0.25, -0.2) is 0 Å². The maximum Gasteiger partial charge on any atom is 0.160 e. The van der Waals surface area contributed by atoms with E-state index >= 15 is 0 Å². The molecule has 3 heteroatoms. The van der Waals surface area contributed by atoms with Crippen molar-refractivity contribution in [2.24, 2.45) is 0 Å². The van der Waals surface area contributed by atoms with Gasteiger partial charge in [0.2, 0.25) is 0 Å². The van der Waals surface area contributed by atoms with Crippen molar-refractivity contribution in [2.45, 2.75) is 65.0 Å². The van der Waals surface area contributed by atoms with E-state index in [1.165, 1.54) is 16.7 Å². The van der Waals surface area contributed by atoms with E-state index in [2.05, 4.69) is 58.6 Å². The number of rotatable bonds is 10. The van der Waals surface area contributed by atoms with Crippen molar-refractivity contribution in [3.05, 3.63) is 34.9 Å². The summed E-state index contributed by atoms with van der Waals surface area (Å²) in [5.41, 5.74) is 4.14. The SMILES string of the molecule is CC(C)=CCCC(C)=CCCC(C)=CCC(S)C(=O)CCl. The third kappa shape index (κ3) is 11.8. The molecule has 0 saturated heterocycles. The summed E-state index contributed by atoms with van der Waals surface area (Å²) in [5.74, 6) is 0.0494. The Morgan fingerprint density at radius 2 is 1.52 bits per heavy atom. The number of allylic oxidation sites excluding steroid dienone is 6. The molecular formula is C18H29ClOS. The molecular weight excluding hydrogens is 300 g/mol. The van der Waals surface area contributed by atoms with Crippen LogP contribution < -0.4 is 0 Å². The summed E-state index contributed by atoms with van der Waals surface area (Å²) < 4.78 is 0. The number of ketones is 1. The Balaban J connectivity index is 4.04. The summed E-state index contributed by atoms with van der Waals surface area (Å²) in [7, 11) is 0. The molecule has 0 saturated carbocycles. The van der Waals surface area contributed by atoms with Gasteiger partial charge in [-0.05, 0) is 59.8 Å². The Bertz CT molecular complexity index is 403. The second-order valence-electron chi connectivity index (χ2n) is 5.81. The highest BCUT2D eigenvalue weighted by Crippen LogP contribution is 2.13. The van der Waals surface area contributed by atoms with E-state index in [9.17, 15) is 4.79 Å². The Morgan fingerprint density at radius 1 is 1.00 bits per heavy atom. The zero-order chi connectivity index (χ0) is 16.3. The van der Waals surface area contributed by atoms with E-state index < -0.39 is 0 Å². The monoisotopic (exact) mass is 328 g/mol. The van der Waals surface area contributed by atoms with Crippen molar-refractivity contribution in [2.75, 3.05) is 5.88 Å². The normalized spacial score (nSPS) is 14.0. The summed E-state index contributed by atoms with van der Waals surface area (Å²) >= 11 is 9.77. The van der Waals surface area contributed by atoms with Crippen LogP contribution in [-0.2, 0) is 4.79 Å². The van der Waals surface area contributed by atoms with E-state index in [-0.39, 0.29) is 16.9 Å². The second kappa shape index (κ2) is 12.1. The maximum atomic E-state index is 11.3. The summed E-state index contributed by atoms with van der Waals surface area (Å²) in [5, 5.41) is -0.265. The molecule has 0 fully saturated rings. The van der Waals surface area contributed by atoms with Gasteiger partial charge in [0.25, 0.3) is 0 Å². The highest BCUT2D eigenvalue weighted by atomic mass is 35.5. The first-order chi connectivity index (χ1) is 9.86. The average Bonchev–Trinajstić information content (AvgIpc) is 2.43. The first-order valence-electron chi connectivity index (χ1n) is 7.58. The van der Waals surface area contributed by atoms with Crippen LogP contribution in [0.4, 0.5) is 0 Å². The minimum absolute atomic E-state index is 0.000868. The fourth-order valence-electron chi connectivity index (χ4n) is 1.87. The first kappa shape index (κ1) is 20.5. The summed E-state index contributed by atoms with van der Waals surface area (Å²) in [6.45, 7) is 8.58. The van der Waals surface area contributed by atoms with Crippen LogP contribution in [0.2, 0.25) is 0 Å². The Hall–Kier alpha value is -0.470. The van der Waals surface area contributed by atoms with E-state index in [1.807, 2.05) is 0 Å². The number of carbonyl (C=O) groups is 1. The number of Topliss-reactive ketones (excluding diaryl/α,β-unsaturated/α-hetero) is 1. The molecule has 120 valence electrons. The van der Waals surface area contributed by atoms with Crippen LogP contribution >= 0.6 is 24.2 Å². The highest BCUT2D eigenvalue weighted by molar-refractivity contribution is 7.81. The summed E-state index contributed by atoms with van der Waals surface area (Å²) in [6.07, 6.45) is 11.7. The zero-order valence-corrected chi connectivity index (χ0v) is 15.4. The number of carbonyl (C=O) groups excluding carboxylic acids is 1. The van der Waals surface area contributed by atoms with Crippen LogP contribution in [0.1, 0.15) is 59.8 Å². The van der Waals surface area contributed by atoms with Crippen molar-refractivity contribution in [1.29, 1.82) is 0 Å². The van der Waals surface area contributed by atoms with Crippen LogP contribution in [0.25, 0.3) is 0 Å². The van der Waals surface area contributed by atoms with E-state index in [4.69, 9.17) is 11.6 Å². The maximum absolute atomic E-state index is 11.3. The van der Waals surface area contributed by atoms with Gasteiger partial charge in [-0.15, -0.1) is 11.6 Å². The van der Waals surface area contributed by atoms with Crippen LogP contribution in [0, 0.1) is 0 Å². The molecule has 0 bridgehead atoms. The fourth-order valence-corrected chi connectivity index (χ4v) is 2.36. The molecule has 0 radical (unpaired) electrons. The Kier molecular flexibility index (Phi) is 11.8. The molecule has 0 aromatic rings. The summed E-state index contributed by atoms with van der Waals surface area (Å²) in [4.78, 5) is 11.3. The minimum atomic E-state index is -0.265. The van der Waals surface area contributed by atoms with E-state index in [1.54, 1.807) is 0 Å². The van der Waals surface area contributed by atoms with Crippen LogP contribution in [0.5, 0.6) is 0 Å². The second-order valence-corrected chi connectivity index (χ2v) is 6.70. The molecule has 1 atom stereocenters. The van der Waals surface area contributed by atoms with Gasteiger partial charge in [-0.3, -0.25) is 4.79 Å². The van der Waals surface area contributed by atoms with Gasteiger partial charge in [0, 0.05) is 0 Å². The molecule has 0 spiro atoms. The quantitative estimate of drug-likeness (QED) is 0.300. The lowest BCUT2D eigenvalue weighted by molar-refractivity contribution is -0.116. The van der Waals surface area contributed by atoms with Gasteiger partial charge in [0.1, 0.15) is 0 Å². The van der Waals surface area contributed by atoms with Crippen LogP contribution in [0.15, 0.2) is 34.9 Å². The third-order valence-electron chi connectivity index (χ3n) is 3.32. The molecule has 0 aliphatic rings. The van der Waals surface area contributed by atoms with Crippen molar-refractivity contribution < 1.29 is 4.79 Å². The van der Waals surface area contributed by atoms with Gasteiger partial charge < -0.3 is 0 Å². The molecule has 1 unspecified atom stereocenters. The molecule has 0 aliphatic heterocycles. The lowest BCUT2D eigenvalue weighted by Crippen LogP contribution is -2.14. The lowest BCUT2D eigenvalue weighted by atomic mass is 10.1. The Morgan fingerprint density at radius 3 is 2.05 bits per heavy atom. The fraction of sp³-hybridized carbons (Fsp3) is 0.611. The van der Waals surface area contributed by atoms with E-state index in [0.717, 1.165) is 25.7 Å². The topological polar surface area (TPSA) is 17.1 Å². The molecule has 0 aliphatic carbocycles. The van der Waals surface area contributed by atoms with Crippen molar-refractivity contribution >= 4 is 30.0 Å². The smallest absolute Gasteiger partial charge is 0.160 e. The molecule has 0 rings (SSSR count). The minimum Gasteiger partial charge on any atom is -0.297 e. The van der Waals surface area contributed by atoms with Crippen LogP contribution in [-0.4, -0.2) is 16.9 Å². The molecule has 1 nitrogen and oxygen atoms in total. The Labute approximate surface area is 140 Å². The molecule has 0 aromatic carbocycles. The van der Waals surface area contributed by atoms with Crippen LogP contribution in [0.3, 0.4) is 0 Å². The molecule has 0 amide bonds.